The Labute approximate surface area is 237 Å². The Kier molecular flexibility index (Phi) is 9.71. The second kappa shape index (κ2) is 13.0. The highest BCUT2D eigenvalue weighted by molar-refractivity contribution is 7.90. The Morgan fingerprint density at radius 3 is 2.74 bits per heavy atom. The van der Waals surface area contributed by atoms with Crippen LogP contribution in [0.15, 0.2) is 35.6 Å². The van der Waals surface area contributed by atoms with Gasteiger partial charge in [-0.2, -0.15) is 0 Å². The number of nitrogens with zero attached hydrogens (tertiary/aromatic N) is 2. The molecule has 0 spiro atoms. The lowest BCUT2D eigenvalue weighted by Crippen LogP contribution is -2.27. The van der Waals surface area contributed by atoms with E-state index in [-0.39, 0.29) is 22.4 Å². The average molecular weight is 591 g/mol. The lowest BCUT2D eigenvalue weighted by atomic mass is 9.95. The third-order valence-corrected chi connectivity index (χ3v) is 9.19. The first kappa shape index (κ1) is 29.1. The Balaban J connectivity index is 1.57. The first-order valence-corrected chi connectivity index (χ1v) is 15.7. The van der Waals surface area contributed by atoms with Gasteiger partial charge in [-0.3, -0.25) is 9.59 Å². The van der Waals surface area contributed by atoms with Gasteiger partial charge in [0.25, 0.3) is 11.8 Å². The molecule has 9 nitrogen and oxygen atoms in total. The number of thiophene rings is 1. The third-order valence-electron chi connectivity index (χ3n) is 6.23. The van der Waals surface area contributed by atoms with Crippen molar-refractivity contribution in [3.05, 3.63) is 68.3 Å². The molecule has 2 aromatic heterocycles. The summed E-state index contributed by atoms with van der Waals surface area (Å²) in [6.45, 7) is 5.38. The van der Waals surface area contributed by atoms with E-state index in [4.69, 9.17) is 16.3 Å². The van der Waals surface area contributed by atoms with Crippen molar-refractivity contribution in [2.75, 3.05) is 25.1 Å². The molecule has 4 rings (SSSR count). The standard InChI is InChI=1S/C27H31ClN4O5S2/c1-3-37-13-7-12-29-24(33)22-19-10-4-5-11-21(19)38-26(22)32-25(34)23-20(28)15-30-27(31-23)39(35,36)16-18-9-6-8-17(2)14-18/h6,8-9,14-15H,3-5,7,10-13,16H2,1-2H3,(H,29,33)(H,32,34). The summed E-state index contributed by atoms with van der Waals surface area (Å²) < 4.78 is 31.4. The maximum absolute atomic E-state index is 13.3. The van der Waals surface area contributed by atoms with Crippen LogP contribution in [0.1, 0.15) is 68.6 Å². The van der Waals surface area contributed by atoms with Gasteiger partial charge in [0.2, 0.25) is 15.0 Å². The maximum atomic E-state index is 13.3. The number of rotatable bonds is 11. The fraction of sp³-hybridized carbons (Fsp3) is 0.407. The number of sulfone groups is 1. The quantitative estimate of drug-likeness (QED) is 0.243. The minimum atomic E-state index is -3.95. The van der Waals surface area contributed by atoms with Crippen molar-refractivity contribution in [2.45, 2.75) is 56.9 Å². The highest BCUT2D eigenvalue weighted by Crippen LogP contribution is 2.38. The van der Waals surface area contributed by atoms with Gasteiger partial charge in [0, 0.05) is 24.6 Å². The number of hydrogen-bond donors (Lipinski definition) is 2. The molecule has 0 bridgehead atoms. The number of hydrogen-bond acceptors (Lipinski definition) is 8. The van der Waals surface area contributed by atoms with Crippen LogP contribution in [0.25, 0.3) is 0 Å². The minimum Gasteiger partial charge on any atom is -0.382 e. The Hall–Kier alpha value is -2.86. The Morgan fingerprint density at radius 1 is 1.18 bits per heavy atom. The van der Waals surface area contributed by atoms with Crippen molar-refractivity contribution in [1.29, 1.82) is 0 Å². The van der Waals surface area contributed by atoms with Crippen molar-refractivity contribution in [2.24, 2.45) is 0 Å². The maximum Gasteiger partial charge on any atom is 0.276 e. The first-order chi connectivity index (χ1) is 18.7. The van der Waals surface area contributed by atoms with Gasteiger partial charge in [0.05, 0.1) is 22.5 Å². The van der Waals surface area contributed by atoms with Gasteiger partial charge in [-0.05, 0) is 57.1 Å². The van der Waals surface area contributed by atoms with E-state index in [1.54, 1.807) is 18.2 Å². The van der Waals surface area contributed by atoms with E-state index in [0.717, 1.165) is 47.9 Å². The molecule has 0 unspecified atom stereocenters. The molecule has 1 aliphatic rings. The molecule has 0 fully saturated rings. The molecular weight excluding hydrogens is 560 g/mol. The molecule has 1 aliphatic carbocycles. The summed E-state index contributed by atoms with van der Waals surface area (Å²) in [4.78, 5) is 35.5. The minimum absolute atomic E-state index is 0.0924. The molecule has 0 saturated heterocycles. The second-order valence-corrected chi connectivity index (χ2v) is 12.7. The van der Waals surface area contributed by atoms with Gasteiger partial charge >= 0.3 is 0 Å². The number of anilines is 1. The first-order valence-electron chi connectivity index (χ1n) is 12.8. The molecule has 2 amide bonds. The molecule has 3 aromatic rings. The second-order valence-electron chi connectivity index (χ2n) is 9.27. The van der Waals surface area contributed by atoms with E-state index in [2.05, 4.69) is 20.6 Å². The molecule has 2 N–H and O–H groups in total. The SMILES string of the molecule is CCOCCCNC(=O)c1c(NC(=O)c2nc(S(=O)(=O)Cc3cccc(C)c3)ncc2Cl)sc2c1CCCC2. The average Bonchev–Trinajstić information content (AvgIpc) is 3.26. The molecule has 208 valence electrons. The van der Waals surface area contributed by atoms with Crippen LogP contribution in [-0.2, 0) is 33.2 Å². The van der Waals surface area contributed by atoms with E-state index < -0.39 is 20.9 Å². The van der Waals surface area contributed by atoms with Crippen LogP contribution in [0.5, 0.6) is 0 Å². The van der Waals surface area contributed by atoms with Crippen molar-refractivity contribution >= 4 is 49.6 Å². The number of fused-ring (bicyclic) bond motifs is 1. The number of carbonyl (C=O) groups is 2. The molecule has 0 radical (unpaired) electrons. The van der Waals surface area contributed by atoms with Crippen LogP contribution in [0.4, 0.5) is 5.00 Å². The van der Waals surface area contributed by atoms with Crippen LogP contribution < -0.4 is 10.6 Å². The van der Waals surface area contributed by atoms with Gasteiger partial charge < -0.3 is 15.4 Å². The number of nitrogens with one attached hydrogen (secondary N) is 2. The molecule has 0 atom stereocenters. The summed E-state index contributed by atoms with van der Waals surface area (Å²) in [6, 6.07) is 7.11. The highest BCUT2D eigenvalue weighted by atomic mass is 35.5. The van der Waals surface area contributed by atoms with Crippen LogP contribution in [0, 0.1) is 6.92 Å². The smallest absolute Gasteiger partial charge is 0.276 e. The van der Waals surface area contributed by atoms with Gasteiger partial charge in [-0.25, -0.2) is 18.4 Å². The van der Waals surface area contributed by atoms with E-state index >= 15 is 0 Å². The molecule has 0 aliphatic heterocycles. The summed E-state index contributed by atoms with van der Waals surface area (Å²) >= 11 is 7.59. The number of amides is 2. The van der Waals surface area contributed by atoms with Crippen LogP contribution in [0.2, 0.25) is 5.02 Å². The number of benzene rings is 1. The number of halogens is 1. The lowest BCUT2D eigenvalue weighted by molar-refractivity contribution is 0.0944. The van der Waals surface area contributed by atoms with E-state index in [9.17, 15) is 18.0 Å². The van der Waals surface area contributed by atoms with Crippen molar-refractivity contribution in [3.63, 3.8) is 0 Å². The summed E-state index contributed by atoms with van der Waals surface area (Å²) in [6.07, 6.45) is 5.33. The predicted octanol–water partition coefficient (Wildman–Crippen LogP) is 4.76. The summed E-state index contributed by atoms with van der Waals surface area (Å²) in [5.74, 6) is -1.29. The van der Waals surface area contributed by atoms with Crippen molar-refractivity contribution < 1.29 is 22.7 Å². The van der Waals surface area contributed by atoms with Crippen LogP contribution in [0.3, 0.4) is 0 Å². The fourth-order valence-electron chi connectivity index (χ4n) is 4.41. The molecular formula is C27H31ClN4O5S2. The van der Waals surface area contributed by atoms with Gasteiger partial charge in [-0.15, -0.1) is 11.3 Å². The van der Waals surface area contributed by atoms with E-state index in [0.29, 0.717) is 42.3 Å². The topological polar surface area (TPSA) is 127 Å². The zero-order valence-corrected chi connectivity index (χ0v) is 24.3. The van der Waals surface area contributed by atoms with Gasteiger partial charge in [0.15, 0.2) is 5.69 Å². The highest BCUT2D eigenvalue weighted by Gasteiger charge is 2.28. The van der Waals surface area contributed by atoms with E-state index in [1.807, 2.05) is 19.9 Å². The zero-order chi connectivity index (χ0) is 28.0. The molecule has 12 heteroatoms. The molecule has 1 aromatic carbocycles. The number of aromatic nitrogens is 2. The molecule has 39 heavy (non-hydrogen) atoms. The molecule has 2 heterocycles. The largest absolute Gasteiger partial charge is 0.382 e. The zero-order valence-electron chi connectivity index (χ0n) is 21.9. The van der Waals surface area contributed by atoms with Crippen molar-refractivity contribution in [3.8, 4) is 0 Å². The van der Waals surface area contributed by atoms with E-state index in [1.165, 1.54) is 11.3 Å². The Bertz CT molecular complexity index is 1470. The predicted molar refractivity (Wildman–Crippen MR) is 151 cm³/mol. The monoisotopic (exact) mass is 590 g/mol. The summed E-state index contributed by atoms with van der Waals surface area (Å²) in [5.41, 5.74) is 2.62. The van der Waals surface area contributed by atoms with Crippen LogP contribution in [-0.4, -0.2) is 50.0 Å². The fourth-order valence-corrected chi connectivity index (χ4v) is 7.06. The molecule has 0 saturated carbocycles. The van der Waals surface area contributed by atoms with Gasteiger partial charge in [0.1, 0.15) is 5.00 Å². The summed E-state index contributed by atoms with van der Waals surface area (Å²) in [7, 11) is -3.95. The normalized spacial score (nSPS) is 13.1. The third kappa shape index (κ3) is 7.21. The van der Waals surface area contributed by atoms with Crippen molar-refractivity contribution in [1.82, 2.24) is 15.3 Å². The number of carbonyl (C=O) groups excluding carboxylic acids is 2. The Morgan fingerprint density at radius 2 is 1.97 bits per heavy atom. The number of ether oxygens (including phenoxy) is 1. The summed E-state index contributed by atoms with van der Waals surface area (Å²) in [5, 5.41) is 5.51. The number of aryl methyl sites for hydroxylation is 2. The van der Waals surface area contributed by atoms with Gasteiger partial charge in [-0.1, -0.05) is 41.4 Å². The lowest BCUT2D eigenvalue weighted by Gasteiger charge is -2.13. The van der Waals surface area contributed by atoms with Crippen LogP contribution >= 0.6 is 22.9 Å².